The third-order valence-corrected chi connectivity index (χ3v) is 7.34. The lowest BCUT2D eigenvalue weighted by Gasteiger charge is -2.44. The quantitative estimate of drug-likeness (QED) is 0.344. The Morgan fingerprint density at radius 1 is 1.06 bits per heavy atom. The standard InChI is InChI=1S/C29H31FN2O2S/c1-2-35-31-29(33)25-15-24(21-13-14-21)27(16-26(25)30)34-19-20-17-32(18-20)28(22-9-5-3-6-10-22)23-11-7-4-8-12-23/h3-12,15-16,20-21,28H,2,13-14,17-19H2,1H3,(H,31,33). The molecule has 2 aliphatic rings. The summed E-state index contributed by atoms with van der Waals surface area (Å²) in [6.07, 6.45) is 2.11. The SMILES string of the molecule is CCSNC(=O)c1cc(C2CC2)c(OCC2CN(C(c3ccccc3)c3ccccc3)C2)cc1F. The smallest absolute Gasteiger partial charge is 0.264 e. The van der Waals surface area contributed by atoms with Gasteiger partial charge in [0.1, 0.15) is 11.6 Å². The number of benzene rings is 3. The van der Waals surface area contributed by atoms with E-state index in [9.17, 15) is 9.18 Å². The summed E-state index contributed by atoms with van der Waals surface area (Å²) in [5.74, 6) is 1.15. The third-order valence-electron chi connectivity index (χ3n) is 6.73. The third kappa shape index (κ3) is 5.54. The Labute approximate surface area is 211 Å². The summed E-state index contributed by atoms with van der Waals surface area (Å²) in [5, 5.41) is 0. The van der Waals surface area contributed by atoms with Gasteiger partial charge >= 0.3 is 0 Å². The summed E-state index contributed by atoms with van der Waals surface area (Å²) in [6.45, 7) is 4.33. The number of hydrogen-bond acceptors (Lipinski definition) is 4. The summed E-state index contributed by atoms with van der Waals surface area (Å²) in [4.78, 5) is 14.8. The van der Waals surface area contributed by atoms with Crippen molar-refractivity contribution in [3.05, 3.63) is 101 Å². The van der Waals surface area contributed by atoms with Crippen molar-refractivity contribution in [1.82, 2.24) is 9.62 Å². The molecule has 0 spiro atoms. The summed E-state index contributed by atoms with van der Waals surface area (Å²) < 4.78 is 23.7. The van der Waals surface area contributed by atoms with Crippen LogP contribution in [0.3, 0.4) is 0 Å². The van der Waals surface area contributed by atoms with Gasteiger partial charge in [0.15, 0.2) is 0 Å². The molecule has 1 N–H and O–H groups in total. The van der Waals surface area contributed by atoms with Crippen molar-refractivity contribution in [1.29, 1.82) is 0 Å². The zero-order valence-electron chi connectivity index (χ0n) is 20.0. The van der Waals surface area contributed by atoms with E-state index in [1.807, 2.05) is 19.1 Å². The average molecular weight is 491 g/mol. The van der Waals surface area contributed by atoms with Gasteiger partial charge in [0.25, 0.3) is 5.91 Å². The maximum Gasteiger partial charge on any atom is 0.264 e. The van der Waals surface area contributed by atoms with Gasteiger partial charge < -0.3 is 4.74 Å². The van der Waals surface area contributed by atoms with Gasteiger partial charge in [0, 0.05) is 30.8 Å². The average Bonchev–Trinajstić information content (AvgIpc) is 3.70. The van der Waals surface area contributed by atoms with E-state index in [2.05, 4.69) is 58.2 Å². The van der Waals surface area contributed by atoms with Crippen molar-refractivity contribution >= 4 is 17.9 Å². The number of nitrogens with one attached hydrogen (secondary N) is 1. The molecule has 1 amide bonds. The highest BCUT2D eigenvalue weighted by molar-refractivity contribution is 7.97. The van der Waals surface area contributed by atoms with Gasteiger partial charge in [-0.2, -0.15) is 0 Å². The van der Waals surface area contributed by atoms with E-state index in [0.29, 0.717) is 24.2 Å². The molecular weight excluding hydrogens is 459 g/mol. The fourth-order valence-corrected chi connectivity index (χ4v) is 5.18. The summed E-state index contributed by atoms with van der Waals surface area (Å²) in [7, 11) is 0. The fraction of sp³-hybridized carbons (Fsp3) is 0.345. The van der Waals surface area contributed by atoms with Crippen molar-refractivity contribution in [2.24, 2.45) is 5.92 Å². The minimum absolute atomic E-state index is 0.101. The highest BCUT2D eigenvalue weighted by atomic mass is 32.2. The van der Waals surface area contributed by atoms with Gasteiger partial charge in [-0.15, -0.1) is 0 Å². The zero-order chi connectivity index (χ0) is 24.2. The predicted molar refractivity (Wildman–Crippen MR) is 139 cm³/mol. The van der Waals surface area contributed by atoms with Crippen LogP contribution >= 0.6 is 11.9 Å². The van der Waals surface area contributed by atoms with Crippen molar-refractivity contribution < 1.29 is 13.9 Å². The minimum atomic E-state index is -0.526. The molecule has 5 rings (SSSR count). The number of likely N-dealkylation sites (tertiary alicyclic amines) is 1. The van der Waals surface area contributed by atoms with Crippen molar-refractivity contribution in [3.63, 3.8) is 0 Å². The maximum absolute atomic E-state index is 14.8. The first-order valence-corrected chi connectivity index (χ1v) is 13.3. The number of carbonyl (C=O) groups excluding carboxylic acids is 1. The highest BCUT2D eigenvalue weighted by Gasteiger charge is 2.35. The Hall–Kier alpha value is -2.83. The van der Waals surface area contributed by atoms with Crippen molar-refractivity contribution in [2.75, 3.05) is 25.4 Å². The lowest BCUT2D eigenvalue weighted by molar-refractivity contribution is 0.0375. The number of carbonyl (C=O) groups is 1. The van der Waals surface area contributed by atoms with Gasteiger partial charge in [-0.3, -0.25) is 14.4 Å². The number of amides is 1. The molecule has 0 unspecified atom stereocenters. The fourth-order valence-electron chi connectivity index (χ4n) is 4.80. The Kier molecular flexibility index (Phi) is 7.40. The van der Waals surface area contributed by atoms with Crippen LogP contribution in [-0.4, -0.2) is 36.3 Å². The molecule has 0 atom stereocenters. The van der Waals surface area contributed by atoms with Gasteiger partial charge in [-0.05, 0) is 41.5 Å². The second-order valence-electron chi connectivity index (χ2n) is 9.36. The molecule has 3 aromatic carbocycles. The molecular formula is C29H31FN2O2S. The van der Waals surface area contributed by atoms with E-state index in [0.717, 1.165) is 37.2 Å². The van der Waals surface area contributed by atoms with Crippen LogP contribution in [0.5, 0.6) is 5.75 Å². The molecule has 1 aliphatic carbocycles. The van der Waals surface area contributed by atoms with Gasteiger partial charge in [-0.1, -0.05) is 79.5 Å². The number of rotatable bonds is 10. The molecule has 3 aromatic rings. The Morgan fingerprint density at radius 3 is 2.26 bits per heavy atom. The molecule has 0 bridgehead atoms. The normalized spacial score (nSPS) is 16.2. The van der Waals surface area contributed by atoms with Crippen LogP contribution in [0.4, 0.5) is 4.39 Å². The number of ether oxygens (including phenoxy) is 1. The first-order chi connectivity index (χ1) is 17.1. The molecule has 1 saturated carbocycles. The Morgan fingerprint density at radius 2 is 1.69 bits per heavy atom. The molecule has 4 nitrogen and oxygen atoms in total. The molecule has 6 heteroatoms. The molecule has 182 valence electrons. The van der Waals surface area contributed by atoms with Gasteiger partial charge in [0.2, 0.25) is 0 Å². The molecule has 2 fully saturated rings. The molecule has 35 heavy (non-hydrogen) atoms. The first kappa shape index (κ1) is 23.9. The largest absolute Gasteiger partial charge is 0.493 e. The molecule has 0 radical (unpaired) electrons. The summed E-state index contributed by atoms with van der Waals surface area (Å²) >= 11 is 1.28. The molecule has 1 heterocycles. The number of hydrogen-bond donors (Lipinski definition) is 1. The van der Waals surface area contributed by atoms with E-state index < -0.39 is 5.82 Å². The molecule has 0 aromatic heterocycles. The topological polar surface area (TPSA) is 41.6 Å². The zero-order valence-corrected chi connectivity index (χ0v) is 20.8. The van der Waals surface area contributed by atoms with E-state index in [1.165, 1.54) is 29.1 Å². The van der Waals surface area contributed by atoms with E-state index in [1.54, 1.807) is 6.07 Å². The molecule has 1 aliphatic heterocycles. The Bertz CT molecular complexity index is 1110. The number of nitrogens with zero attached hydrogens (tertiary/aromatic N) is 1. The van der Waals surface area contributed by atoms with Crippen LogP contribution in [0.15, 0.2) is 72.8 Å². The van der Waals surface area contributed by atoms with E-state index >= 15 is 0 Å². The van der Waals surface area contributed by atoms with Crippen LogP contribution < -0.4 is 9.46 Å². The second-order valence-corrected chi connectivity index (χ2v) is 10.4. The summed E-state index contributed by atoms with van der Waals surface area (Å²) in [6, 6.07) is 24.5. The lowest BCUT2D eigenvalue weighted by Crippen LogP contribution is -2.51. The van der Waals surface area contributed by atoms with Gasteiger partial charge in [-0.25, -0.2) is 4.39 Å². The van der Waals surface area contributed by atoms with Crippen LogP contribution in [0, 0.1) is 11.7 Å². The Balaban J connectivity index is 1.25. The van der Waals surface area contributed by atoms with Crippen molar-refractivity contribution in [3.8, 4) is 5.75 Å². The monoisotopic (exact) mass is 490 g/mol. The van der Waals surface area contributed by atoms with Crippen LogP contribution in [0.25, 0.3) is 0 Å². The van der Waals surface area contributed by atoms with Crippen LogP contribution in [0.1, 0.15) is 58.8 Å². The minimum Gasteiger partial charge on any atom is -0.493 e. The highest BCUT2D eigenvalue weighted by Crippen LogP contribution is 2.45. The second kappa shape index (κ2) is 10.8. The first-order valence-electron chi connectivity index (χ1n) is 12.4. The lowest BCUT2D eigenvalue weighted by atomic mass is 9.90. The maximum atomic E-state index is 14.8. The van der Waals surface area contributed by atoms with E-state index in [4.69, 9.17) is 4.74 Å². The molecule has 1 saturated heterocycles. The van der Waals surface area contributed by atoms with Crippen molar-refractivity contribution in [2.45, 2.75) is 31.7 Å². The van der Waals surface area contributed by atoms with E-state index in [-0.39, 0.29) is 17.5 Å². The van der Waals surface area contributed by atoms with Gasteiger partial charge in [0.05, 0.1) is 18.2 Å². The number of halogens is 1. The summed E-state index contributed by atoms with van der Waals surface area (Å²) in [5.41, 5.74) is 3.63. The van der Waals surface area contributed by atoms with Crippen LogP contribution in [0.2, 0.25) is 0 Å². The van der Waals surface area contributed by atoms with Crippen LogP contribution in [-0.2, 0) is 0 Å². The predicted octanol–water partition coefficient (Wildman–Crippen LogP) is 6.20.